The summed E-state index contributed by atoms with van der Waals surface area (Å²) in [6.07, 6.45) is 3.48. The second-order valence-corrected chi connectivity index (χ2v) is 5.40. The smallest absolute Gasteiger partial charge is 0.129 e. The van der Waals surface area contributed by atoms with Gasteiger partial charge in [0.2, 0.25) is 0 Å². The minimum atomic E-state index is 0.404. The summed E-state index contributed by atoms with van der Waals surface area (Å²) in [5.74, 6) is 0.695. The molecule has 0 atom stereocenters. The maximum Gasteiger partial charge on any atom is 0.129 e. The van der Waals surface area contributed by atoms with E-state index in [1.807, 2.05) is 31.2 Å². The van der Waals surface area contributed by atoms with Crippen LogP contribution in [0.5, 0.6) is 5.75 Å². The van der Waals surface area contributed by atoms with Crippen LogP contribution in [0.1, 0.15) is 23.6 Å². The van der Waals surface area contributed by atoms with Crippen molar-refractivity contribution in [3.05, 3.63) is 57.8 Å². The summed E-state index contributed by atoms with van der Waals surface area (Å²) in [6.45, 7) is 4.13. The van der Waals surface area contributed by atoms with Crippen molar-refractivity contribution in [2.75, 3.05) is 0 Å². The lowest BCUT2D eigenvalue weighted by Gasteiger charge is -2.12. The number of aromatic nitrogens is 1. The molecule has 1 N–H and O–H groups in total. The van der Waals surface area contributed by atoms with E-state index < -0.39 is 0 Å². The van der Waals surface area contributed by atoms with E-state index in [-0.39, 0.29) is 0 Å². The highest BCUT2D eigenvalue weighted by Gasteiger charge is 2.08. The molecule has 20 heavy (non-hydrogen) atoms. The Balaban J connectivity index is 2.22. The average molecular weight is 335 g/mol. The summed E-state index contributed by atoms with van der Waals surface area (Å²) in [6, 6.07) is 7.72. The summed E-state index contributed by atoms with van der Waals surface area (Å²) in [5, 5.41) is 12.2. The largest absolute Gasteiger partial charge is 0.488 e. The van der Waals surface area contributed by atoms with Gasteiger partial charge in [-0.3, -0.25) is 4.98 Å². The number of hydrogen-bond acceptors (Lipinski definition) is 4. The lowest BCUT2D eigenvalue weighted by molar-refractivity contribution is 0.302. The predicted octanol–water partition coefficient (Wildman–Crippen LogP) is 3.93. The van der Waals surface area contributed by atoms with Crippen LogP contribution < -0.4 is 4.74 Å². The van der Waals surface area contributed by atoms with Crippen molar-refractivity contribution < 1.29 is 9.94 Å². The number of hydrogen-bond donors (Lipinski definition) is 1. The number of aryl methyl sites for hydroxylation is 1. The molecule has 4 nitrogen and oxygen atoms in total. The lowest BCUT2D eigenvalue weighted by Crippen LogP contribution is -2.03. The molecule has 1 aromatic heterocycles. The number of rotatable bonds is 4. The van der Waals surface area contributed by atoms with Crippen LogP contribution in [0.25, 0.3) is 0 Å². The van der Waals surface area contributed by atoms with E-state index in [1.54, 1.807) is 19.3 Å². The highest BCUT2D eigenvalue weighted by Crippen LogP contribution is 2.22. The molecule has 0 aliphatic rings. The van der Waals surface area contributed by atoms with Crippen molar-refractivity contribution in [1.82, 2.24) is 4.98 Å². The highest BCUT2D eigenvalue weighted by molar-refractivity contribution is 9.10. The van der Waals surface area contributed by atoms with Gasteiger partial charge in [0, 0.05) is 28.0 Å². The van der Waals surface area contributed by atoms with Gasteiger partial charge in [0.05, 0.1) is 5.71 Å². The SMILES string of the molecule is C/C(=N/O)c1ccc(C)cc1OCc1cncc(Br)c1. The van der Waals surface area contributed by atoms with E-state index in [1.165, 1.54) is 0 Å². The Morgan fingerprint density at radius 2 is 2.15 bits per heavy atom. The molecule has 2 rings (SSSR count). The Kier molecular flexibility index (Phi) is 4.74. The van der Waals surface area contributed by atoms with E-state index in [0.29, 0.717) is 18.1 Å². The second-order valence-electron chi connectivity index (χ2n) is 4.49. The van der Waals surface area contributed by atoms with Crippen LogP contribution in [0.2, 0.25) is 0 Å². The van der Waals surface area contributed by atoms with Crippen LogP contribution in [0.3, 0.4) is 0 Å². The quantitative estimate of drug-likeness (QED) is 0.523. The van der Waals surface area contributed by atoms with Gasteiger partial charge < -0.3 is 9.94 Å². The molecule has 0 saturated heterocycles. The van der Waals surface area contributed by atoms with E-state index in [2.05, 4.69) is 26.1 Å². The highest BCUT2D eigenvalue weighted by atomic mass is 79.9. The van der Waals surface area contributed by atoms with Crippen molar-refractivity contribution in [2.24, 2.45) is 5.16 Å². The first-order chi connectivity index (χ1) is 9.60. The summed E-state index contributed by atoms with van der Waals surface area (Å²) in [4.78, 5) is 4.10. The van der Waals surface area contributed by atoms with Crippen LogP contribution >= 0.6 is 15.9 Å². The first kappa shape index (κ1) is 14.5. The second kappa shape index (κ2) is 6.52. The maximum atomic E-state index is 8.92. The minimum Gasteiger partial charge on any atom is -0.488 e. The van der Waals surface area contributed by atoms with Gasteiger partial charge >= 0.3 is 0 Å². The Labute approximate surface area is 126 Å². The molecule has 0 aliphatic heterocycles. The summed E-state index contributed by atoms with van der Waals surface area (Å²) < 4.78 is 6.74. The molecule has 2 aromatic rings. The molecule has 0 amide bonds. The Morgan fingerprint density at radius 1 is 1.35 bits per heavy atom. The molecule has 0 saturated carbocycles. The molecule has 1 aromatic carbocycles. The summed E-state index contributed by atoms with van der Waals surface area (Å²) in [7, 11) is 0. The Morgan fingerprint density at radius 3 is 2.85 bits per heavy atom. The lowest BCUT2D eigenvalue weighted by atomic mass is 10.1. The third-order valence-corrected chi connectivity index (χ3v) is 3.27. The van der Waals surface area contributed by atoms with E-state index >= 15 is 0 Å². The van der Waals surface area contributed by atoms with Crippen LogP contribution in [0.15, 0.2) is 46.3 Å². The molecular weight excluding hydrogens is 320 g/mol. The molecule has 104 valence electrons. The number of halogens is 1. The van der Waals surface area contributed by atoms with Gasteiger partial charge in [-0.15, -0.1) is 0 Å². The maximum absolute atomic E-state index is 8.92. The topological polar surface area (TPSA) is 54.7 Å². The van der Waals surface area contributed by atoms with E-state index in [9.17, 15) is 0 Å². The third-order valence-electron chi connectivity index (χ3n) is 2.83. The molecule has 0 bridgehead atoms. The third kappa shape index (κ3) is 3.57. The van der Waals surface area contributed by atoms with Crippen molar-refractivity contribution in [3.63, 3.8) is 0 Å². The molecule has 5 heteroatoms. The zero-order valence-corrected chi connectivity index (χ0v) is 12.9. The van der Waals surface area contributed by atoms with Gasteiger partial charge in [-0.2, -0.15) is 0 Å². The number of pyridine rings is 1. The monoisotopic (exact) mass is 334 g/mol. The van der Waals surface area contributed by atoms with Crippen molar-refractivity contribution in [2.45, 2.75) is 20.5 Å². The zero-order valence-electron chi connectivity index (χ0n) is 11.3. The normalized spacial score (nSPS) is 11.4. The van der Waals surface area contributed by atoms with Gasteiger partial charge in [-0.1, -0.05) is 11.2 Å². The van der Waals surface area contributed by atoms with Gasteiger partial charge in [0.15, 0.2) is 0 Å². The van der Waals surface area contributed by atoms with Crippen LogP contribution in [0, 0.1) is 6.92 Å². The van der Waals surface area contributed by atoms with Crippen molar-refractivity contribution in [1.29, 1.82) is 0 Å². The van der Waals surface area contributed by atoms with Crippen LogP contribution in [-0.4, -0.2) is 15.9 Å². The molecular formula is C15H15BrN2O2. The first-order valence-electron chi connectivity index (χ1n) is 6.12. The fraction of sp³-hybridized carbons (Fsp3) is 0.200. The zero-order chi connectivity index (χ0) is 14.5. The number of oxime groups is 1. The molecule has 0 spiro atoms. The average Bonchev–Trinajstić information content (AvgIpc) is 2.44. The number of nitrogens with zero attached hydrogens (tertiary/aromatic N) is 2. The summed E-state index contributed by atoms with van der Waals surface area (Å²) >= 11 is 3.38. The Bertz CT molecular complexity index is 642. The minimum absolute atomic E-state index is 0.404. The van der Waals surface area contributed by atoms with E-state index in [0.717, 1.165) is 21.2 Å². The van der Waals surface area contributed by atoms with Gasteiger partial charge in [0.25, 0.3) is 0 Å². The van der Waals surface area contributed by atoms with Crippen LogP contribution in [0.4, 0.5) is 0 Å². The van der Waals surface area contributed by atoms with E-state index in [4.69, 9.17) is 9.94 Å². The first-order valence-corrected chi connectivity index (χ1v) is 6.91. The van der Waals surface area contributed by atoms with Crippen molar-refractivity contribution in [3.8, 4) is 5.75 Å². The van der Waals surface area contributed by atoms with Crippen LogP contribution in [-0.2, 0) is 6.61 Å². The fourth-order valence-corrected chi connectivity index (χ4v) is 2.21. The fourth-order valence-electron chi connectivity index (χ4n) is 1.80. The molecule has 0 unspecified atom stereocenters. The number of ether oxygens (including phenoxy) is 1. The molecule has 0 fully saturated rings. The van der Waals surface area contributed by atoms with Gasteiger partial charge in [-0.25, -0.2) is 0 Å². The Hall–Kier alpha value is -1.88. The summed E-state index contributed by atoms with van der Waals surface area (Å²) in [5.41, 5.74) is 3.35. The predicted molar refractivity (Wildman–Crippen MR) is 81.4 cm³/mol. The standard InChI is InChI=1S/C15H15BrN2O2/c1-10-3-4-14(11(2)18-19)15(5-10)20-9-12-6-13(16)8-17-7-12/h3-8,19H,9H2,1-2H3/b18-11-. The number of benzene rings is 1. The molecule has 0 radical (unpaired) electrons. The van der Waals surface area contributed by atoms with Gasteiger partial charge in [-0.05, 0) is 53.5 Å². The molecule has 1 heterocycles. The van der Waals surface area contributed by atoms with Crippen molar-refractivity contribution >= 4 is 21.6 Å². The molecule has 0 aliphatic carbocycles. The van der Waals surface area contributed by atoms with Gasteiger partial charge in [0.1, 0.15) is 12.4 Å².